The average molecular weight is 345 g/mol. The second kappa shape index (κ2) is 6.91. The minimum atomic E-state index is -4.38. The van der Waals surface area contributed by atoms with Crippen LogP contribution in [0.1, 0.15) is 39.2 Å². The van der Waals surface area contributed by atoms with Crippen LogP contribution in [0.5, 0.6) is 5.75 Å². The van der Waals surface area contributed by atoms with Gasteiger partial charge in [0.05, 0.1) is 12.2 Å². The Bertz CT molecular complexity index is 575. The number of hydrogen-bond donors (Lipinski definition) is 1. The third-order valence-electron chi connectivity index (χ3n) is 3.60. The molecule has 0 aromatic heterocycles. The average Bonchev–Trinajstić information content (AvgIpc) is 2.38. The molecular formula is C17H22F3NO3. The van der Waals surface area contributed by atoms with Crippen LogP contribution in [-0.2, 0) is 10.9 Å². The fraction of sp³-hybridized carbons (Fsp3) is 0.588. The van der Waals surface area contributed by atoms with E-state index in [-0.39, 0.29) is 17.7 Å². The van der Waals surface area contributed by atoms with Crippen molar-refractivity contribution in [2.45, 2.75) is 51.4 Å². The number of alkyl carbamates (subject to hydrolysis) is 1. The molecule has 1 N–H and O–H groups in total. The van der Waals surface area contributed by atoms with Crippen molar-refractivity contribution in [3.05, 3.63) is 29.8 Å². The number of rotatable bonds is 4. The summed E-state index contributed by atoms with van der Waals surface area (Å²) in [7, 11) is 0. The first-order valence-corrected chi connectivity index (χ1v) is 7.82. The van der Waals surface area contributed by atoms with Gasteiger partial charge in [0.2, 0.25) is 0 Å². The Morgan fingerprint density at radius 1 is 1.25 bits per heavy atom. The molecule has 0 atom stereocenters. The molecule has 1 aliphatic carbocycles. The Morgan fingerprint density at radius 3 is 2.50 bits per heavy atom. The molecule has 1 fully saturated rings. The van der Waals surface area contributed by atoms with Gasteiger partial charge in [-0.15, -0.1) is 0 Å². The molecule has 1 aromatic carbocycles. The van der Waals surface area contributed by atoms with Gasteiger partial charge in [0.15, 0.2) is 0 Å². The highest BCUT2D eigenvalue weighted by Gasteiger charge is 2.33. The van der Waals surface area contributed by atoms with Crippen LogP contribution in [0.3, 0.4) is 0 Å². The van der Waals surface area contributed by atoms with Crippen LogP contribution in [0.4, 0.5) is 18.0 Å². The number of ether oxygens (including phenoxy) is 2. The van der Waals surface area contributed by atoms with E-state index in [1.165, 1.54) is 12.1 Å². The summed E-state index contributed by atoms with van der Waals surface area (Å²) in [5, 5.41) is 2.76. The van der Waals surface area contributed by atoms with E-state index in [0.717, 1.165) is 25.0 Å². The quantitative estimate of drug-likeness (QED) is 0.880. The van der Waals surface area contributed by atoms with Gasteiger partial charge in [-0.2, -0.15) is 13.2 Å². The summed E-state index contributed by atoms with van der Waals surface area (Å²) in [4.78, 5) is 11.6. The zero-order valence-electron chi connectivity index (χ0n) is 13.9. The van der Waals surface area contributed by atoms with Crippen LogP contribution < -0.4 is 10.1 Å². The number of benzene rings is 1. The van der Waals surface area contributed by atoms with Crippen molar-refractivity contribution in [2.24, 2.45) is 5.92 Å². The predicted molar refractivity (Wildman–Crippen MR) is 82.8 cm³/mol. The molecule has 0 spiro atoms. The maximum Gasteiger partial charge on any atom is 0.416 e. The molecule has 0 unspecified atom stereocenters. The van der Waals surface area contributed by atoms with Gasteiger partial charge in [-0.25, -0.2) is 4.79 Å². The van der Waals surface area contributed by atoms with Crippen molar-refractivity contribution in [3.8, 4) is 5.75 Å². The maximum absolute atomic E-state index is 12.6. The molecule has 0 aliphatic heterocycles. The van der Waals surface area contributed by atoms with E-state index in [0.29, 0.717) is 6.61 Å². The highest BCUT2D eigenvalue weighted by atomic mass is 19.4. The van der Waals surface area contributed by atoms with Crippen molar-refractivity contribution in [2.75, 3.05) is 6.61 Å². The Hall–Kier alpha value is -1.92. The van der Waals surface area contributed by atoms with Crippen molar-refractivity contribution in [1.29, 1.82) is 0 Å². The highest BCUT2D eigenvalue weighted by Crippen LogP contribution is 2.32. The molecular weight excluding hydrogens is 323 g/mol. The summed E-state index contributed by atoms with van der Waals surface area (Å²) in [5.74, 6) is 0.410. The summed E-state index contributed by atoms with van der Waals surface area (Å²) in [6.07, 6.45) is -3.39. The summed E-state index contributed by atoms with van der Waals surface area (Å²) in [5.41, 5.74) is -1.27. The lowest BCUT2D eigenvalue weighted by Gasteiger charge is -2.35. The second-order valence-corrected chi connectivity index (χ2v) is 7.02. The summed E-state index contributed by atoms with van der Waals surface area (Å²) < 4.78 is 48.5. The Kier molecular flexibility index (Phi) is 5.30. The van der Waals surface area contributed by atoms with E-state index in [2.05, 4.69) is 5.32 Å². The number of carbonyl (C=O) groups is 1. The summed E-state index contributed by atoms with van der Waals surface area (Å²) >= 11 is 0. The number of nitrogens with one attached hydrogen (secondary N) is 1. The van der Waals surface area contributed by atoms with Crippen LogP contribution in [0, 0.1) is 5.92 Å². The molecule has 2 rings (SSSR count). The standard InChI is InChI=1S/C17H22F3NO3/c1-16(2,3)24-15(22)21-13-7-11(8-13)10-23-14-6-4-5-12(9-14)17(18,19)20/h4-6,9,11,13H,7-8,10H2,1-3H3,(H,21,22). The number of halogens is 3. The zero-order chi connectivity index (χ0) is 18.0. The first-order chi connectivity index (χ1) is 11.0. The van der Waals surface area contributed by atoms with Gasteiger partial charge in [0, 0.05) is 6.04 Å². The number of hydrogen-bond acceptors (Lipinski definition) is 3. The lowest BCUT2D eigenvalue weighted by atomic mass is 9.81. The van der Waals surface area contributed by atoms with E-state index in [9.17, 15) is 18.0 Å². The Balaban J connectivity index is 1.72. The molecule has 0 saturated heterocycles. The van der Waals surface area contributed by atoms with Gasteiger partial charge in [-0.1, -0.05) is 6.07 Å². The van der Waals surface area contributed by atoms with Gasteiger partial charge in [0.1, 0.15) is 11.4 Å². The first kappa shape index (κ1) is 18.4. The van der Waals surface area contributed by atoms with Gasteiger partial charge >= 0.3 is 12.3 Å². The molecule has 4 nitrogen and oxygen atoms in total. The summed E-state index contributed by atoms with van der Waals surface area (Å²) in [6, 6.07) is 4.86. The molecule has 7 heteroatoms. The first-order valence-electron chi connectivity index (χ1n) is 7.82. The number of alkyl halides is 3. The van der Waals surface area contributed by atoms with Crippen molar-refractivity contribution in [3.63, 3.8) is 0 Å². The van der Waals surface area contributed by atoms with E-state index in [4.69, 9.17) is 9.47 Å². The van der Waals surface area contributed by atoms with E-state index >= 15 is 0 Å². The Labute approximate surface area is 139 Å². The van der Waals surface area contributed by atoms with Crippen LogP contribution in [0.2, 0.25) is 0 Å². The van der Waals surface area contributed by atoms with Gasteiger partial charge in [-0.3, -0.25) is 0 Å². The van der Waals surface area contributed by atoms with Crippen molar-refractivity contribution < 1.29 is 27.4 Å². The van der Waals surface area contributed by atoms with Gasteiger partial charge < -0.3 is 14.8 Å². The van der Waals surface area contributed by atoms with Crippen molar-refractivity contribution in [1.82, 2.24) is 5.32 Å². The number of carbonyl (C=O) groups excluding carboxylic acids is 1. The number of amides is 1. The van der Waals surface area contributed by atoms with E-state index in [1.54, 1.807) is 20.8 Å². The van der Waals surface area contributed by atoms with Gasteiger partial charge in [-0.05, 0) is 57.7 Å². The third-order valence-corrected chi connectivity index (χ3v) is 3.60. The molecule has 1 aliphatic rings. The van der Waals surface area contributed by atoms with Gasteiger partial charge in [0.25, 0.3) is 0 Å². The Morgan fingerprint density at radius 2 is 1.92 bits per heavy atom. The highest BCUT2D eigenvalue weighted by molar-refractivity contribution is 5.68. The lowest BCUT2D eigenvalue weighted by molar-refractivity contribution is -0.137. The molecule has 1 amide bonds. The largest absolute Gasteiger partial charge is 0.493 e. The molecule has 134 valence electrons. The van der Waals surface area contributed by atoms with E-state index < -0.39 is 23.4 Å². The summed E-state index contributed by atoms with van der Waals surface area (Å²) in [6.45, 7) is 5.70. The van der Waals surface area contributed by atoms with Crippen LogP contribution in [0.25, 0.3) is 0 Å². The minimum Gasteiger partial charge on any atom is -0.493 e. The topological polar surface area (TPSA) is 47.6 Å². The van der Waals surface area contributed by atoms with Crippen LogP contribution >= 0.6 is 0 Å². The molecule has 0 heterocycles. The van der Waals surface area contributed by atoms with Crippen LogP contribution in [-0.4, -0.2) is 24.3 Å². The molecule has 0 bridgehead atoms. The fourth-order valence-corrected chi connectivity index (χ4v) is 2.44. The maximum atomic E-state index is 12.6. The van der Waals surface area contributed by atoms with E-state index in [1.807, 2.05) is 0 Å². The molecule has 1 saturated carbocycles. The van der Waals surface area contributed by atoms with Crippen molar-refractivity contribution >= 4 is 6.09 Å². The third kappa shape index (κ3) is 5.62. The predicted octanol–water partition coefficient (Wildman–Crippen LogP) is 4.39. The second-order valence-electron chi connectivity index (χ2n) is 7.02. The SMILES string of the molecule is CC(C)(C)OC(=O)NC1CC(COc2cccc(C(F)(F)F)c2)C1. The van der Waals surface area contributed by atoms with Crippen LogP contribution in [0.15, 0.2) is 24.3 Å². The monoisotopic (exact) mass is 345 g/mol. The molecule has 0 radical (unpaired) electrons. The smallest absolute Gasteiger partial charge is 0.416 e. The normalized spacial score (nSPS) is 20.9. The zero-order valence-corrected chi connectivity index (χ0v) is 13.9. The lowest BCUT2D eigenvalue weighted by Crippen LogP contribution is -2.47. The fourth-order valence-electron chi connectivity index (χ4n) is 2.44. The molecule has 24 heavy (non-hydrogen) atoms. The minimum absolute atomic E-state index is 0.0231. The molecule has 1 aromatic rings.